The van der Waals surface area contributed by atoms with Crippen molar-refractivity contribution >= 4 is 28.4 Å². The van der Waals surface area contributed by atoms with Crippen molar-refractivity contribution in [3.63, 3.8) is 0 Å². The Hall–Kier alpha value is -3.52. The molecule has 0 radical (unpaired) electrons. The van der Waals surface area contributed by atoms with Crippen LogP contribution in [0.2, 0.25) is 5.02 Å². The summed E-state index contributed by atoms with van der Waals surface area (Å²) in [4.78, 5) is 33.0. The number of fused-ring (bicyclic) bond motifs is 1. The van der Waals surface area contributed by atoms with Gasteiger partial charge in [0.15, 0.2) is 5.82 Å². The van der Waals surface area contributed by atoms with Crippen molar-refractivity contribution in [2.75, 3.05) is 0 Å². The highest BCUT2D eigenvalue weighted by Gasteiger charge is 2.16. The van der Waals surface area contributed by atoms with E-state index in [9.17, 15) is 9.59 Å². The lowest BCUT2D eigenvalue weighted by atomic mass is 10.2. The van der Waals surface area contributed by atoms with Crippen LogP contribution >= 0.6 is 11.6 Å². The molecule has 0 bridgehead atoms. The Bertz CT molecular complexity index is 1200. The number of hydrogen-bond donors (Lipinski definition) is 1. The summed E-state index contributed by atoms with van der Waals surface area (Å²) in [7, 11) is 0. The van der Waals surface area contributed by atoms with Gasteiger partial charge in [-0.05, 0) is 29.8 Å². The highest BCUT2D eigenvalue weighted by atomic mass is 35.5. The fourth-order valence-corrected chi connectivity index (χ4v) is 2.77. The molecule has 0 atom stereocenters. The number of benzene rings is 2. The number of nitrogens with zero attached hydrogens (tertiary/aromatic N) is 4. The van der Waals surface area contributed by atoms with Crippen molar-refractivity contribution in [1.82, 2.24) is 25.0 Å². The van der Waals surface area contributed by atoms with Gasteiger partial charge < -0.3 is 9.84 Å². The quantitative estimate of drug-likeness (QED) is 0.556. The molecule has 0 saturated carbocycles. The molecular weight excluding hydrogens is 382 g/mol. The third kappa shape index (κ3) is 3.77. The lowest BCUT2D eigenvalue weighted by molar-refractivity contribution is 0.0907. The zero-order valence-corrected chi connectivity index (χ0v) is 15.3. The number of aromatic nitrogens is 4. The van der Waals surface area contributed by atoms with E-state index in [2.05, 4.69) is 20.4 Å². The first kappa shape index (κ1) is 17.9. The van der Waals surface area contributed by atoms with Crippen molar-refractivity contribution < 1.29 is 9.32 Å². The van der Waals surface area contributed by atoms with Crippen molar-refractivity contribution in [2.45, 2.75) is 13.1 Å². The number of amides is 1. The van der Waals surface area contributed by atoms with Gasteiger partial charge in [0.05, 0.1) is 23.8 Å². The summed E-state index contributed by atoms with van der Waals surface area (Å²) in [5.74, 6) is -0.473. The first-order valence-corrected chi connectivity index (χ1v) is 8.77. The van der Waals surface area contributed by atoms with Crippen LogP contribution < -0.4 is 10.9 Å². The molecule has 4 aromatic rings. The maximum atomic E-state index is 12.5. The summed E-state index contributed by atoms with van der Waals surface area (Å²) in [6.45, 7) is 0.340. The van der Waals surface area contributed by atoms with E-state index in [0.29, 0.717) is 22.5 Å². The van der Waals surface area contributed by atoms with Gasteiger partial charge in [-0.2, -0.15) is 4.98 Å². The van der Waals surface area contributed by atoms with Crippen LogP contribution in [0.3, 0.4) is 0 Å². The molecule has 0 aliphatic carbocycles. The first-order chi connectivity index (χ1) is 13.6. The van der Waals surface area contributed by atoms with Gasteiger partial charge in [0, 0.05) is 11.6 Å². The summed E-state index contributed by atoms with van der Waals surface area (Å²) in [6.07, 6.45) is 1.42. The van der Waals surface area contributed by atoms with E-state index in [1.165, 1.54) is 10.9 Å². The topological polar surface area (TPSA) is 103 Å². The highest BCUT2D eigenvalue weighted by molar-refractivity contribution is 6.30. The highest BCUT2D eigenvalue weighted by Crippen LogP contribution is 2.10. The maximum Gasteiger partial charge on any atom is 0.316 e. The molecule has 9 heteroatoms. The van der Waals surface area contributed by atoms with Crippen LogP contribution in [0.15, 0.2) is 64.2 Å². The summed E-state index contributed by atoms with van der Waals surface area (Å²) >= 11 is 5.83. The van der Waals surface area contributed by atoms with E-state index in [-0.39, 0.29) is 23.8 Å². The largest absolute Gasteiger partial charge is 0.344 e. The second-order valence-electron chi connectivity index (χ2n) is 6.02. The smallest absolute Gasteiger partial charge is 0.316 e. The van der Waals surface area contributed by atoms with Crippen molar-refractivity contribution in [2.24, 2.45) is 0 Å². The van der Waals surface area contributed by atoms with Gasteiger partial charge in [0.2, 0.25) is 0 Å². The monoisotopic (exact) mass is 395 g/mol. The molecule has 1 N–H and O–H groups in total. The number of carbonyl (C=O) groups excluding carboxylic acids is 1. The standard InChI is InChI=1S/C19H14ClN5O3/c20-13-7-5-12(6-8-13)9-21-17(26)18-23-16(24-28-18)10-25-11-22-15-4-2-1-3-14(15)19(25)27/h1-8,11H,9-10H2,(H,21,26). The van der Waals surface area contributed by atoms with Crippen LogP contribution in [0, 0.1) is 0 Å². The SMILES string of the molecule is O=C(NCc1ccc(Cl)cc1)c1nc(Cn2cnc3ccccc3c2=O)no1. The lowest BCUT2D eigenvalue weighted by Crippen LogP contribution is -2.23. The number of para-hydroxylation sites is 1. The minimum Gasteiger partial charge on any atom is -0.344 e. The molecule has 0 aliphatic heterocycles. The molecule has 4 rings (SSSR count). The normalized spacial score (nSPS) is 10.9. The molecule has 2 aromatic carbocycles. The number of halogens is 1. The van der Waals surface area contributed by atoms with Crippen LogP contribution in [0.5, 0.6) is 0 Å². The van der Waals surface area contributed by atoms with E-state index < -0.39 is 5.91 Å². The van der Waals surface area contributed by atoms with Gasteiger partial charge in [0.25, 0.3) is 5.56 Å². The minimum atomic E-state index is -0.502. The van der Waals surface area contributed by atoms with E-state index in [1.807, 2.05) is 6.07 Å². The maximum absolute atomic E-state index is 12.5. The van der Waals surface area contributed by atoms with Crippen LogP contribution in [-0.2, 0) is 13.1 Å². The predicted molar refractivity (Wildman–Crippen MR) is 102 cm³/mol. The van der Waals surface area contributed by atoms with Gasteiger partial charge in [-0.25, -0.2) is 4.98 Å². The molecule has 0 fully saturated rings. The Morgan fingerprint density at radius 1 is 1.14 bits per heavy atom. The molecular formula is C19H14ClN5O3. The van der Waals surface area contributed by atoms with Crippen LogP contribution in [0.1, 0.15) is 22.1 Å². The zero-order chi connectivity index (χ0) is 19.5. The molecule has 28 heavy (non-hydrogen) atoms. The van der Waals surface area contributed by atoms with Crippen LogP contribution in [0.4, 0.5) is 0 Å². The Labute approximate surface area is 163 Å². The summed E-state index contributed by atoms with van der Waals surface area (Å²) < 4.78 is 6.37. The van der Waals surface area contributed by atoms with Gasteiger partial charge in [-0.1, -0.05) is 41.0 Å². The predicted octanol–water partition coefficient (Wildman–Crippen LogP) is 2.41. The number of nitrogens with one attached hydrogen (secondary N) is 1. The van der Waals surface area contributed by atoms with Gasteiger partial charge in [-0.3, -0.25) is 14.2 Å². The fourth-order valence-electron chi connectivity index (χ4n) is 2.64. The Morgan fingerprint density at radius 3 is 2.75 bits per heavy atom. The third-order valence-electron chi connectivity index (χ3n) is 4.07. The van der Waals surface area contributed by atoms with Crippen molar-refractivity contribution in [3.8, 4) is 0 Å². The first-order valence-electron chi connectivity index (χ1n) is 8.39. The Kier molecular flexibility index (Phi) is 4.86. The zero-order valence-electron chi connectivity index (χ0n) is 14.5. The van der Waals surface area contributed by atoms with Crippen LogP contribution in [-0.4, -0.2) is 25.6 Å². The summed E-state index contributed by atoms with van der Waals surface area (Å²) in [5, 5.41) is 7.57. The van der Waals surface area contributed by atoms with E-state index >= 15 is 0 Å². The summed E-state index contributed by atoms with van der Waals surface area (Å²) in [6, 6.07) is 14.1. The second-order valence-corrected chi connectivity index (χ2v) is 6.46. The minimum absolute atomic E-state index is 0.0463. The fraction of sp³-hybridized carbons (Fsp3) is 0.105. The van der Waals surface area contributed by atoms with Gasteiger partial charge >= 0.3 is 11.8 Å². The average Bonchev–Trinajstić information content (AvgIpc) is 3.18. The Morgan fingerprint density at radius 2 is 1.93 bits per heavy atom. The van der Waals surface area contributed by atoms with E-state index in [4.69, 9.17) is 16.1 Å². The second kappa shape index (κ2) is 7.61. The van der Waals surface area contributed by atoms with Crippen LogP contribution in [0.25, 0.3) is 10.9 Å². The molecule has 2 heterocycles. The van der Waals surface area contributed by atoms with E-state index in [1.54, 1.807) is 42.5 Å². The van der Waals surface area contributed by atoms with E-state index in [0.717, 1.165) is 5.56 Å². The van der Waals surface area contributed by atoms with Gasteiger partial charge in [0.1, 0.15) is 0 Å². The molecule has 0 aliphatic rings. The molecule has 0 spiro atoms. The molecule has 1 amide bonds. The molecule has 0 saturated heterocycles. The number of hydrogen-bond acceptors (Lipinski definition) is 6. The van der Waals surface area contributed by atoms with Gasteiger partial charge in [-0.15, -0.1) is 0 Å². The lowest BCUT2D eigenvalue weighted by Gasteiger charge is -2.03. The average molecular weight is 396 g/mol. The molecule has 2 aromatic heterocycles. The number of rotatable bonds is 5. The van der Waals surface area contributed by atoms with Crippen molar-refractivity contribution in [1.29, 1.82) is 0 Å². The molecule has 8 nitrogen and oxygen atoms in total. The third-order valence-corrected chi connectivity index (χ3v) is 4.32. The van der Waals surface area contributed by atoms with Crippen molar-refractivity contribution in [3.05, 3.63) is 87.5 Å². The summed E-state index contributed by atoms with van der Waals surface area (Å²) in [5.41, 5.74) is 1.27. The molecule has 0 unspecified atom stereocenters. The molecule has 140 valence electrons. The Balaban J connectivity index is 1.45. The number of carbonyl (C=O) groups is 1.